The molecule has 27 heavy (non-hydrogen) atoms. The number of alkyl carbamates (subject to hydrolysis) is 1. The summed E-state index contributed by atoms with van der Waals surface area (Å²) in [5, 5.41) is 8.01. The smallest absolute Gasteiger partial charge is 0.407 e. The molecule has 7 heteroatoms. The first kappa shape index (κ1) is 22.5. The number of rotatable bonds is 7. The Balaban J connectivity index is 2.29. The van der Waals surface area contributed by atoms with Crippen molar-refractivity contribution in [1.82, 2.24) is 10.6 Å². The van der Waals surface area contributed by atoms with E-state index >= 15 is 0 Å². The molecule has 1 aromatic rings. The Morgan fingerprint density at radius 1 is 0.963 bits per heavy atom. The van der Waals surface area contributed by atoms with E-state index in [4.69, 9.17) is 4.74 Å². The molecular formula is C20H31N3O4. The van der Waals surface area contributed by atoms with Gasteiger partial charge in [-0.15, -0.1) is 0 Å². The fourth-order valence-corrected chi connectivity index (χ4v) is 2.58. The zero-order valence-electron chi connectivity index (χ0n) is 17.1. The zero-order valence-corrected chi connectivity index (χ0v) is 17.1. The zero-order chi connectivity index (χ0) is 20.6. The van der Waals surface area contributed by atoms with Crippen molar-refractivity contribution in [2.24, 2.45) is 0 Å². The molecule has 0 heterocycles. The molecule has 1 aromatic carbocycles. The predicted molar refractivity (Wildman–Crippen MR) is 106 cm³/mol. The van der Waals surface area contributed by atoms with Gasteiger partial charge < -0.3 is 20.7 Å². The van der Waals surface area contributed by atoms with Crippen molar-refractivity contribution in [2.45, 2.75) is 60.0 Å². The predicted octanol–water partition coefficient (Wildman–Crippen LogP) is 2.97. The van der Waals surface area contributed by atoms with Crippen molar-refractivity contribution in [3.63, 3.8) is 0 Å². The first-order valence-corrected chi connectivity index (χ1v) is 9.09. The molecule has 0 aliphatic carbocycles. The summed E-state index contributed by atoms with van der Waals surface area (Å²) in [6.07, 6.45) is 0.167. The molecule has 7 nitrogen and oxygen atoms in total. The van der Waals surface area contributed by atoms with Crippen LogP contribution in [0.25, 0.3) is 0 Å². The summed E-state index contributed by atoms with van der Waals surface area (Å²) in [6.45, 7) is 11.5. The Morgan fingerprint density at radius 2 is 1.56 bits per heavy atom. The van der Waals surface area contributed by atoms with Crippen LogP contribution in [0.15, 0.2) is 12.1 Å². The Bertz CT molecular complexity index is 670. The molecule has 0 radical (unpaired) electrons. The summed E-state index contributed by atoms with van der Waals surface area (Å²) < 4.78 is 5.10. The van der Waals surface area contributed by atoms with Crippen LogP contribution in [0.2, 0.25) is 0 Å². The molecular weight excluding hydrogens is 346 g/mol. The third-order valence-corrected chi connectivity index (χ3v) is 3.64. The average Bonchev–Trinajstić information content (AvgIpc) is 2.51. The number of anilines is 1. The molecule has 0 fully saturated rings. The third kappa shape index (κ3) is 9.08. The molecule has 0 atom stereocenters. The summed E-state index contributed by atoms with van der Waals surface area (Å²) in [7, 11) is 0. The third-order valence-electron chi connectivity index (χ3n) is 3.64. The van der Waals surface area contributed by atoms with Crippen LogP contribution in [0.5, 0.6) is 0 Å². The van der Waals surface area contributed by atoms with E-state index in [9.17, 15) is 14.4 Å². The summed E-state index contributed by atoms with van der Waals surface area (Å²) in [4.78, 5) is 35.4. The monoisotopic (exact) mass is 377 g/mol. The highest BCUT2D eigenvalue weighted by atomic mass is 16.6. The molecule has 0 aromatic heterocycles. The van der Waals surface area contributed by atoms with Gasteiger partial charge in [0.05, 0.1) is 6.54 Å². The number of ether oxygens (including phenoxy) is 1. The van der Waals surface area contributed by atoms with E-state index in [0.29, 0.717) is 13.0 Å². The number of carbonyl (C=O) groups excluding carboxylic acids is 3. The number of hydrogen-bond acceptors (Lipinski definition) is 4. The quantitative estimate of drug-likeness (QED) is 0.637. The molecule has 0 unspecified atom stereocenters. The van der Waals surface area contributed by atoms with Gasteiger partial charge in [-0.1, -0.05) is 17.7 Å². The van der Waals surface area contributed by atoms with E-state index in [1.807, 2.05) is 32.9 Å². The van der Waals surface area contributed by atoms with Crippen LogP contribution in [0, 0.1) is 20.8 Å². The maximum absolute atomic E-state index is 12.1. The van der Waals surface area contributed by atoms with Crippen molar-refractivity contribution in [1.29, 1.82) is 0 Å². The molecule has 3 N–H and O–H groups in total. The average molecular weight is 377 g/mol. The van der Waals surface area contributed by atoms with E-state index in [-0.39, 0.29) is 24.8 Å². The lowest BCUT2D eigenvalue weighted by molar-refractivity contribution is -0.124. The molecule has 0 aliphatic rings. The Kier molecular flexibility index (Phi) is 8.28. The minimum atomic E-state index is -0.553. The van der Waals surface area contributed by atoms with E-state index < -0.39 is 11.7 Å². The lowest BCUT2D eigenvalue weighted by Gasteiger charge is -2.19. The van der Waals surface area contributed by atoms with Gasteiger partial charge in [-0.2, -0.15) is 0 Å². The first-order valence-electron chi connectivity index (χ1n) is 9.09. The minimum Gasteiger partial charge on any atom is -0.444 e. The van der Waals surface area contributed by atoms with E-state index in [1.165, 1.54) is 0 Å². The van der Waals surface area contributed by atoms with Gasteiger partial charge in [0.2, 0.25) is 11.8 Å². The maximum atomic E-state index is 12.1. The largest absolute Gasteiger partial charge is 0.444 e. The van der Waals surface area contributed by atoms with Gasteiger partial charge >= 0.3 is 6.09 Å². The van der Waals surface area contributed by atoms with Crippen molar-refractivity contribution >= 4 is 23.6 Å². The van der Waals surface area contributed by atoms with Crippen LogP contribution < -0.4 is 16.0 Å². The fourth-order valence-electron chi connectivity index (χ4n) is 2.58. The lowest BCUT2D eigenvalue weighted by atomic mass is 10.1. The summed E-state index contributed by atoms with van der Waals surface area (Å²) in [6, 6.07) is 4.00. The van der Waals surface area contributed by atoms with Gasteiger partial charge in [-0.05, 0) is 59.1 Å². The van der Waals surface area contributed by atoms with Gasteiger partial charge in [-0.3, -0.25) is 9.59 Å². The normalized spacial score (nSPS) is 10.9. The van der Waals surface area contributed by atoms with Crippen LogP contribution in [0.3, 0.4) is 0 Å². The second kappa shape index (κ2) is 9.94. The van der Waals surface area contributed by atoms with Gasteiger partial charge in [-0.25, -0.2) is 4.79 Å². The Hall–Kier alpha value is -2.57. The highest BCUT2D eigenvalue weighted by Gasteiger charge is 2.15. The number of carbonyl (C=O) groups is 3. The molecule has 3 amide bonds. The van der Waals surface area contributed by atoms with E-state index in [1.54, 1.807) is 20.8 Å². The fraction of sp³-hybridized carbons (Fsp3) is 0.550. The number of nitrogens with one attached hydrogen (secondary N) is 3. The van der Waals surface area contributed by atoms with Crippen LogP contribution in [0.1, 0.15) is 50.3 Å². The second-order valence-electron chi connectivity index (χ2n) is 7.63. The summed E-state index contributed by atoms with van der Waals surface area (Å²) >= 11 is 0. The summed E-state index contributed by atoms with van der Waals surface area (Å²) in [5.41, 5.74) is 3.33. The van der Waals surface area contributed by atoms with Gasteiger partial charge in [0.1, 0.15) is 5.60 Å². The van der Waals surface area contributed by atoms with E-state index in [0.717, 1.165) is 22.4 Å². The van der Waals surface area contributed by atoms with Crippen molar-refractivity contribution in [3.05, 3.63) is 28.8 Å². The molecule has 0 spiro atoms. The standard InChI is InChI=1S/C20H31N3O4/c1-13-10-14(2)18(15(3)11-13)23-17(25)12-22-16(24)8-7-9-21-19(26)27-20(4,5)6/h10-11H,7-9,12H2,1-6H3,(H,21,26)(H,22,24)(H,23,25). The van der Waals surface area contributed by atoms with Crippen LogP contribution >= 0.6 is 0 Å². The van der Waals surface area contributed by atoms with Gasteiger partial charge in [0.15, 0.2) is 0 Å². The number of benzene rings is 1. The van der Waals surface area contributed by atoms with Crippen molar-refractivity contribution in [2.75, 3.05) is 18.4 Å². The first-order chi connectivity index (χ1) is 12.5. The molecule has 150 valence electrons. The number of amides is 3. The number of aryl methyl sites for hydroxylation is 3. The van der Waals surface area contributed by atoms with Crippen LogP contribution in [-0.2, 0) is 14.3 Å². The Labute approximate surface area is 161 Å². The SMILES string of the molecule is Cc1cc(C)c(NC(=O)CNC(=O)CCCNC(=O)OC(C)(C)C)c(C)c1. The molecule has 0 saturated carbocycles. The maximum Gasteiger partial charge on any atom is 0.407 e. The Morgan fingerprint density at radius 3 is 2.11 bits per heavy atom. The van der Waals surface area contributed by atoms with Crippen molar-refractivity contribution in [3.8, 4) is 0 Å². The molecule has 0 saturated heterocycles. The van der Waals surface area contributed by atoms with Crippen LogP contribution in [0.4, 0.5) is 10.5 Å². The van der Waals surface area contributed by atoms with E-state index in [2.05, 4.69) is 16.0 Å². The van der Waals surface area contributed by atoms with Gasteiger partial charge in [0.25, 0.3) is 0 Å². The highest BCUT2D eigenvalue weighted by Crippen LogP contribution is 2.21. The van der Waals surface area contributed by atoms with Crippen molar-refractivity contribution < 1.29 is 19.1 Å². The topological polar surface area (TPSA) is 96.5 Å². The van der Waals surface area contributed by atoms with Crippen LogP contribution in [-0.4, -0.2) is 36.6 Å². The highest BCUT2D eigenvalue weighted by molar-refractivity contribution is 5.95. The molecule has 1 rings (SSSR count). The number of hydrogen-bond donors (Lipinski definition) is 3. The lowest BCUT2D eigenvalue weighted by Crippen LogP contribution is -2.35. The summed E-state index contributed by atoms with van der Waals surface area (Å²) in [5.74, 6) is -0.515. The van der Waals surface area contributed by atoms with Gasteiger partial charge in [0, 0.05) is 18.7 Å². The minimum absolute atomic E-state index is 0.0922. The molecule has 0 bridgehead atoms. The second-order valence-corrected chi connectivity index (χ2v) is 7.63. The molecule has 0 aliphatic heterocycles.